The van der Waals surface area contributed by atoms with E-state index in [0.717, 1.165) is 5.56 Å². The van der Waals surface area contributed by atoms with E-state index < -0.39 is 0 Å². The number of amides is 2. The number of nitrogens with one attached hydrogen (secondary N) is 2. The van der Waals surface area contributed by atoms with Crippen LogP contribution in [0.1, 0.15) is 50.5 Å². The molecule has 23 heavy (non-hydrogen) atoms. The lowest BCUT2D eigenvalue weighted by atomic mass is 9.93. The molecule has 0 spiro atoms. The first-order valence-electron chi connectivity index (χ1n) is 8.91. The zero-order chi connectivity index (χ0) is 16.2. The highest BCUT2D eigenvalue weighted by Crippen LogP contribution is 2.44. The summed E-state index contributed by atoms with van der Waals surface area (Å²) >= 11 is 0. The third kappa shape index (κ3) is 4.96. The molecule has 2 fully saturated rings. The molecule has 2 aliphatic rings. The molecular weight excluding hydrogens is 288 g/mol. The Labute approximate surface area is 138 Å². The van der Waals surface area contributed by atoms with Crippen molar-refractivity contribution in [2.75, 3.05) is 6.54 Å². The van der Waals surface area contributed by atoms with E-state index in [4.69, 9.17) is 0 Å². The second-order valence-corrected chi connectivity index (χ2v) is 7.25. The molecule has 126 valence electrons. The number of benzene rings is 1. The highest BCUT2D eigenvalue weighted by Gasteiger charge is 2.42. The maximum atomic E-state index is 12.3. The molecule has 4 heteroatoms. The van der Waals surface area contributed by atoms with Gasteiger partial charge in [0.15, 0.2) is 0 Å². The highest BCUT2D eigenvalue weighted by molar-refractivity contribution is 5.74. The van der Waals surface area contributed by atoms with Gasteiger partial charge in [-0.2, -0.15) is 0 Å². The van der Waals surface area contributed by atoms with Gasteiger partial charge in [0.1, 0.15) is 0 Å². The van der Waals surface area contributed by atoms with Gasteiger partial charge in [0.25, 0.3) is 0 Å². The second kappa shape index (κ2) is 7.35. The summed E-state index contributed by atoms with van der Waals surface area (Å²) < 4.78 is 0. The summed E-state index contributed by atoms with van der Waals surface area (Å²) in [5, 5.41) is 15.9. The van der Waals surface area contributed by atoms with Crippen molar-refractivity contribution in [3.05, 3.63) is 35.9 Å². The molecule has 2 aliphatic carbocycles. The lowest BCUT2D eigenvalue weighted by Gasteiger charge is -2.22. The summed E-state index contributed by atoms with van der Waals surface area (Å²) in [7, 11) is 0. The van der Waals surface area contributed by atoms with Crippen LogP contribution in [0.4, 0.5) is 4.79 Å². The first kappa shape index (κ1) is 16.3. The van der Waals surface area contributed by atoms with Crippen LogP contribution >= 0.6 is 0 Å². The van der Waals surface area contributed by atoms with Crippen molar-refractivity contribution in [2.45, 2.75) is 57.1 Å². The number of hydrogen-bond donors (Lipinski definition) is 3. The Hall–Kier alpha value is -1.55. The van der Waals surface area contributed by atoms with Crippen molar-refractivity contribution < 1.29 is 9.90 Å². The number of hydrogen-bond acceptors (Lipinski definition) is 2. The van der Waals surface area contributed by atoms with Gasteiger partial charge in [0, 0.05) is 18.5 Å². The van der Waals surface area contributed by atoms with Gasteiger partial charge >= 0.3 is 6.03 Å². The van der Waals surface area contributed by atoms with E-state index in [1.807, 2.05) is 18.2 Å². The predicted molar refractivity (Wildman–Crippen MR) is 91.3 cm³/mol. The fourth-order valence-corrected chi connectivity index (χ4v) is 3.42. The molecule has 0 radical (unpaired) electrons. The van der Waals surface area contributed by atoms with Crippen LogP contribution in [-0.2, 0) is 0 Å². The Bertz CT molecular complexity index is 497. The van der Waals surface area contributed by atoms with E-state index in [1.165, 1.54) is 25.7 Å². The number of rotatable bonds is 8. The van der Waals surface area contributed by atoms with E-state index in [2.05, 4.69) is 22.8 Å². The number of aliphatic hydroxyl groups excluding tert-OH is 1. The molecule has 2 unspecified atom stereocenters. The number of carbonyl (C=O) groups excluding carboxylic acids is 1. The quantitative estimate of drug-likeness (QED) is 0.690. The van der Waals surface area contributed by atoms with Gasteiger partial charge < -0.3 is 15.7 Å². The van der Waals surface area contributed by atoms with Gasteiger partial charge in [0.05, 0.1) is 6.10 Å². The standard InChI is InChI=1S/C19H28N2O2/c1-13(22)11-17(14-5-3-2-4-6-14)12-20-19(23)21-18(15-7-8-15)16-9-10-16/h2-6,13,15-18,22H,7-12H2,1H3,(H2,20,21,23). The van der Waals surface area contributed by atoms with Crippen LogP contribution in [0, 0.1) is 11.8 Å². The maximum Gasteiger partial charge on any atom is 0.315 e. The highest BCUT2D eigenvalue weighted by atomic mass is 16.3. The lowest BCUT2D eigenvalue weighted by molar-refractivity contribution is 0.173. The number of carbonyl (C=O) groups is 1. The Morgan fingerprint density at radius 2 is 1.78 bits per heavy atom. The predicted octanol–water partition coefficient (Wildman–Crippen LogP) is 3.03. The Kier molecular flexibility index (Phi) is 5.21. The third-order valence-electron chi connectivity index (χ3n) is 4.96. The van der Waals surface area contributed by atoms with E-state index in [9.17, 15) is 9.90 Å². The smallest absolute Gasteiger partial charge is 0.315 e. The van der Waals surface area contributed by atoms with Crippen LogP contribution in [0.2, 0.25) is 0 Å². The minimum atomic E-state index is -0.379. The Balaban J connectivity index is 1.52. The van der Waals surface area contributed by atoms with Crippen molar-refractivity contribution in [1.82, 2.24) is 10.6 Å². The Morgan fingerprint density at radius 3 is 2.30 bits per heavy atom. The van der Waals surface area contributed by atoms with Crippen molar-refractivity contribution in [3.63, 3.8) is 0 Å². The molecule has 1 aromatic carbocycles. The monoisotopic (exact) mass is 316 g/mol. The summed E-state index contributed by atoms with van der Waals surface area (Å²) in [5.41, 5.74) is 1.16. The van der Waals surface area contributed by atoms with Gasteiger partial charge in [-0.25, -0.2) is 4.79 Å². The van der Waals surface area contributed by atoms with Crippen molar-refractivity contribution in [3.8, 4) is 0 Å². The van der Waals surface area contributed by atoms with Crippen molar-refractivity contribution in [1.29, 1.82) is 0 Å². The molecule has 1 aromatic rings. The topological polar surface area (TPSA) is 61.4 Å². The summed E-state index contributed by atoms with van der Waals surface area (Å²) in [4.78, 5) is 12.3. The molecule has 0 saturated heterocycles. The minimum absolute atomic E-state index is 0.0553. The molecule has 4 nitrogen and oxygen atoms in total. The normalized spacial score (nSPS) is 20.1. The van der Waals surface area contributed by atoms with Crippen LogP contribution in [0.5, 0.6) is 0 Å². The average Bonchev–Trinajstić information content (AvgIpc) is 3.42. The van der Waals surface area contributed by atoms with Gasteiger partial charge in [-0.1, -0.05) is 30.3 Å². The molecule has 2 saturated carbocycles. The number of urea groups is 1. The zero-order valence-corrected chi connectivity index (χ0v) is 13.9. The fourth-order valence-electron chi connectivity index (χ4n) is 3.42. The van der Waals surface area contributed by atoms with Crippen LogP contribution in [0.15, 0.2) is 30.3 Å². The average molecular weight is 316 g/mol. The maximum absolute atomic E-state index is 12.3. The second-order valence-electron chi connectivity index (χ2n) is 7.25. The Morgan fingerprint density at radius 1 is 1.17 bits per heavy atom. The summed E-state index contributed by atoms with van der Waals surface area (Å²) in [5.74, 6) is 1.55. The van der Waals surface area contributed by atoms with E-state index in [1.54, 1.807) is 6.92 Å². The molecule has 3 N–H and O–H groups in total. The van der Waals surface area contributed by atoms with Gasteiger partial charge in [-0.05, 0) is 56.4 Å². The molecular formula is C19H28N2O2. The van der Waals surface area contributed by atoms with E-state index in [0.29, 0.717) is 30.8 Å². The molecule has 2 amide bonds. The van der Waals surface area contributed by atoms with Crippen LogP contribution < -0.4 is 10.6 Å². The molecule has 2 atom stereocenters. The van der Waals surface area contributed by atoms with Crippen LogP contribution in [0.3, 0.4) is 0 Å². The van der Waals surface area contributed by atoms with Crippen molar-refractivity contribution >= 4 is 6.03 Å². The summed E-state index contributed by atoms with van der Waals surface area (Å²) in [6.45, 7) is 2.36. The largest absolute Gasteiger partial charge is 0.393 e. The molecule has 0 bridgehead atoms. The molecule has 0 aromatic heterocycles. The first-order valence-corrected chi connectivity index (χ1v) is 8.91. The van der Waals surface area contributed by atoms with Crippen molar-refractivity contribution in [2.24, 2.45) is 11.8 Å². The van der Waals surface area contributed by atoms with Gasteiger partial charge in [0.2, 0.25) is 0 Å². The fraction of sp³-hybridized carbons (Fsp3) is 0.632. The SMILES string of the molecule is CC(O)CC(CNC(=O)NC(C1CC1)C1CC1)c1ccccc1. The summed E-state index contributed by atoms with van der Waals surface area (Å²) in [6.07, 6.45) is 5.31. The van der Waals surface area contributed by atoms with E-state index >= 15 is 0 Å². The van der Waals surface area contributed by atoms with Gasteiger partial charge in [-0.3, -0.25) is 0 Å². The molecule has 0 aliphatic heterocycles. The zero-order valence-electron chi connectivity index (χ0n) is 13.9. The first-order chi connectivity index (χ1) is 11.1. The third-order valence-corrected chi connectivity index (χ3v) is 4.96. The van der Waals surface area contributed by atoms with E-state index in [-0.39, 0.29) is 18.1 Å². The summed E-state index contributed by atoms with van der Waals surface area (Å²) in [6, 6.07) is 10.4. The lowest BCUT2D eigenvalue weighted by Crippen LogP contribution is -2.45. The number of aliphatic hydroxyl groups is 1. The van der Waals surface area contributed by atoms with Gasteiger partial charge in [-0.15, -0.1) is 0 Å². The molecule has 3 rings (SSSR count). The van der Waals surface area contributed by atoms with Crippen LogP contribution in [0.25, 0.3) is 0 Å². The van der Waals surface area contributed by atoms with Crippen LogP contribution in [-0.4, -0.2) is 29.8 Å². The minimum Gasteiger partial charge on any atom is -0.393 e. The molecule has 0 heterocycles.